The average molecular weight is 141 g/mol. The minimum atomic E-state index is -0.850. The van der Waals surface area contributed by atoms with Gasteiger partial charge < -0.3 is 10.8 Å². The van der Waals surface area contributed by atoms with Gasteiger partial charge in [-0.2, -0.15) is 0 Å². The maximum atomic E-state index is 10.4. The fourth-order valence-electron chi connectivity index (χ4n) is 1.17. The molecule has 0 saturated carbocycles. The molecular formula is C7H11NO2. The standard InChI is InChI=1S/C7H11NO2/c8-6-4-2-1-3-5(6)7(9)10/h1-4,8H2,(H,9,10). The Morgan fingerprint density at radius 2 is 2.00 bits per heavy atom. The summed E-state index contributed by atoms with van der Waals surface area (Å²) < 4.78 is 0. The van der Waals surface area contributed by atoms with E-state index in [0.29, 0.717) is 17.7 Å². The van der Waals surface area contributed by atoms with Gasteiger partial charge in [0.05, 0.1) is 5.57 Å². The zero-order chi connectivity index (χ0) is 7.56. The third-order valence-corrected chi connectivity index (χ3v) is 1.77. The van der Waals surface area contributed by atoms with Gasteiger partial charge in [0, 0.05) is 5.70 Å². The second-order valence-electron chi connectivity index (χ2n) is 2.52. The van der Waals surface area contributed by atoms with E-state index in [0.717, 1.165) is 19.3 Å². The van der Waals surface area contributed by atoms with Gasteiger partial charge in [0.15, 0.2) is 0 Å². The van der Waals surface area contributed by atoms with E-state index >= 15 is 0 Å². The SMILES string of the molecule is NC1=C(C(=O)O)CCCC1. The van der Waals surface area contributed by atoms with Crippen molar-refractivity contribution in [3.05, 3.63) is 11.3 Å². The van der Waals surface area contributed by atoms with Gasteiger partial charge in [0.1, 0.15) is 0 Å². The molecule has 1 aliphatic rings. The fraction of sp³-hybridized carbons (Fsp3) is 0.571. The molecule has 56 valence electrons. The summed E-state index contributed by atoms with van der Waals surface area (Å²) in [5, 5.41) is 8.57. The molecule has 0 bridgehead atoms. The third kappa shape index (κ3) is 1.29. The Morgan fingerprint density at radius 3 is 2.40 bits per heavy atom. The van der Waals surface area contributed by atoms with Crippen molar-refractivity contribution in [2.75, 3.05) is 0 Å². The van der Waals surface area contributed by atoms with Crippen molar-refractivity contribution < 1.29 is 9.90 Å². The molecule has 0 heterocycles. The Bertz CT molecular complexity index is 184. The Balaban J connectivity index is 2.78. The fourth-order valence-corrected chi connectivity index (χ4v) is 1.17. The molecule has 0 aromatic carbocycles. The summed E-state index contributed by atoms with van der Waals surface area (Å²) in [6.45, 7) is 0. The first-order valence-corrected chi connectivity index (χ1v) is 3.42. The van der Waals surface area contributed by atoms with Gasteiger partial charge in [-0.05, 0) is 25.7 Å². The molecule has 0 spiro atoms. The van der Waals surface area contributed by atoms with Crippen LogP contribution in [0.1, 0.15) is 25.7 Å². The minimum Gasteiger partial charge on any atom is -0.478 e. The number of carboxylic acid groups (broad SMARTS) is 1. The first kappa shape index (κ1) is 7.12. The van der Waals surface area contributed by atoms with Crippen molar-refractivity contribution in [2.24, 2.45) is 5.73 Å². The van der Waals surface area contributed by atoms with Gasteiger partial charge in [0.25, 0.3) is 0 Å². The van der Waals surface area contributed by atoms with E-state index in [1.807, 2.05) is 0 Å². The number of carboxylic acids is 1. The first-order valence-electron chi connectivity index (χ1n) is 3.42. The Labute approximate surface area is 59.5 Å². The summed E-state index contributed by atoms with van der Waals surface area (Å²) in [6.07, 6.45) is 3.38. The second kappa shape index (κ2) is 2.73. The molecule has 0 aromatic rings. The topological polar surface area (TPSA) is 63.3 Å². The zero-order valence-electron chi connectivity index (χ0n) is 5.76. The van der Waals surface area contributed by atoms with E-state index in [9.17, 15) is 4.79 Å². The highest BCUT2D eigenvalue weighted by Gasteiger charge is 2.15. The van der Waals surface area contributed by atoms with Crippen LogP contribution in [0.15, 0.2) is 11.3 Å². The number of rotatable bonds is 1. The van der Waals surface area contributed by atoms with Crippen molar-refractivity contribution in [3.63, 3.8) is 0 Å². The summed E-state index contributed by atoms with van der Waals surface area (Å²) in [6, 6.07) is 0. The normalized spacial score (nSPS) is 19.2. The lowest BCUT2D eigenvalue weighted by molar-refractivity contribution is -0.133. The predicted octanol–water partition coefficient (Wildman–Crippen LogP) is 0.858. The van der Waals surface area contributed by atoms with Crippen LogP contribution >= 0.6 is 0 Å². The van der Waals surface area contributed by atoms with Crippen LogP contribution in [0.25, 0.3) is 0 Å². The van der Waals surface area contributed by atoms with Crippen LogP contribution in [0.2, 0.25) is 0 Å². The van der Waals surface area contributed by atoms with E-state index in [-0.39, 0.29) is 0 Å². The maximum Gasteiger partial charge on any atom is 0.333 e. The molecule has 0 radical (unpaired) electrons. The quantitative estimate of drug-likeness (QED) is 0.569. The van der Waals surface area contributed by atoms with Crippen LogP contribution in [-0.2, 0) is 4.79 Å². The minimum absolute atomic E-state index is 0.422. The monoisotopic (exact) mass is 141 g/mol. The van der Waals surface area contributed by atoms with Crippen molar-refractivity contribution in [1.29, 1.82) is 0 Å². The van der Waals surface area contributed by atoms with Crippen LogP contribution in [-0.4, -0.2) is 11.1 Å². The molecule has 10 heavy (non-hydrogen) atoms. The molecule has 1 rings (SSSR count). The molecule has 0 saturated heterocycles. The molecule has 0 unspecified atom stereocenters. The Morgan fingerprint density at radius 1 is 1.40 bits per heavy atom. The highest BCUT2D eigenvalue weighted by atomic mass is 16.4. The summed E-state index contributed by atoms with van der Waals surface area (Å²) >= 11 is 0. The molecule has 0 amide bonds. The number of aliphatic carboxylic acids is 1. The number of hydrogen-bond donors (Lipinski definition) is 2. The van der Waals surface area contributed by atoms with Gasteiger partial charge in [-0.15, -0.1) is 0 Å². The lowest BCUT2D eigenvalue weighted by atomic mass is 9.97. The highest BCUT2D eigenvalue weighted by Crippen LogP contribution is 2.20. The van der Waals surface area contributed by atoms with Gasteiger partial charge in [-0.3, -0.25) is 0 Å². The van der Waals surface area contributed by atoms with Crippen molar-refractivity contribution >= 4 is 5.97 Å². The van der Waals surface area contributed by atoms with E-state index < -0.39 is 5.97 Å². The number of hydrogen-bond acceptors (Lipinski definition) is 2. The van der Waals surface area contributed by atoms with Gasteiger partial charge in [0.2, 0.25) is 0 Å². The Hall–Kier alpha value is -0.990. The zero-order valence-corrected chi connectivity index (χ0v) is 5.76. The Kier molecular flexibility index (Phi) is 1.94. The molecule has 0 aromatic heterocycles. The van der Waals surface area contributed by atoms with Gasteiger partial charge in [-0.1, -0.05) is 0 Å². The predicted molar refractivity (Wildman–Crippen MR) is 37.3 cm³/mol. The van der Waals surface area contributed by atoms with Crippen molar-refractivity contribution in [1.82, 2.24) is 0 Å². The van der Waals surface area contributed by atoms with Crippen LogP contribution in [0, 0.1) is 0 Å². The van der Waals surface area contributed by atoms with Gasteiger partial charge >= 0.3 is 5.97 Å². The molecule has 3 nitrogen and oxygen atoms in total. The van der Waals surface area contributed by atoms with Crippen LogP contribution < -0.4 is 5.73 Å². The number of nitrogens with two attached hydrogens (primary N) is 1. The third-order valence-electron chi connectivity index (χ3n) is 1.77. The van der Waals surface area contributed by atoms with E-state index in [1.165, 1.54) is 0 Å². The molecule has 0 fully saturated rings. The summed E-state index contributed by atoms with van der Waals surface area (Å²) in [7, 11) is 0. The summed E-state index contributed by atoms with van der Waals surface area (Å²) in [5.74, 6) is -0.850. The lowest BCUT2D eigenvalue weighted by Crippen LogP contribution is -2.14. The maximum absolute atomic E-state index is 10.4. The molecule has 3 heteroatoms. The smallest absolute Gasteiger partial charge is 0.333 e. The second-order valence-corrected chi connectivity index (χ2v) is 2.52. The lowest BCUT2D eigenvalue weighted by Gasteiger charge is -2.12. The average Bonchev–Trinajstić information content (AvgIpc) is 1.88. The molecule has 0 aliphatic heterocycles. The molecular weight excluding hydrogens is 130 g/mol. The van der Waals surface area contributed by atoms with E-state index in [2.05, 4.69) is 0 Å². The molecule has 1 aliphatic carbocycles. The van der Waals surface area contributed by atoms with E-state index in [1.54, 1.807) is 0 Å². The van der Waals surface area contributed by atoms with Crippen molar-refractivity contribution in [3.8, 4) is 0 Å². The number of carbonyl (C=O) groups is 1. The van der Waals surface area contributed by atoms with E-state index in [4.69, 9.17) is 10.8 Å². The largest absolute Gasteiger partial charge is 0.478 e. The van der Waals surface area contributed by atoms with Crippen LogP contribution in [0.4, 0.5) is 0 Å². The molecule has 3 N–H and O–H groups in total. The van der Waals surface area contributed by atoms with Crippen LogP contribution in [0.3, 0.4) is 0 Å². The molecule has 0 atom stereocenters. The summed E-state index contributed by atoms with van der Waals surface area (Å²) in [5.41, 5.74) is 6.47. The van der Waals surface area contributed by atoms with Crippen molar-refractivity contribution in [2.45, 2.75) is 25.7 Å². The van der Waals surface area contributed by atoms with Crippen LogP contribution in [0.5, 0.6) is 0 Å². The number of allylic oxidation sites excluding steroid dienone is 1. The highest BCUT2D eigenvalue weighted by molar-refractivity contribution is 5.87. The summed E-state index contributed by atoms with van der Waals surface area (Å²) in [4.78, 5) is 10.4. The first-order chi connectivity index (χ1) is 4.72. The van der Waals surface area contributed by atoms with Gasteiger partial charge in [-0.25, -0.2) is 4.79 Å².